The van der Waals surface area contributed by atoms with Crippen molar-refractivity contribution < 1.29 is 14.3 Å². The highest BCUT2D eigenvalue weighted by Gasteiger charge is 2.39. The monoisotopic (exact) mass is 357 g/mol. The third kappa shape index (κ3) is 3.12. The summed E-state index contributed by atoms with van der Waals surface area (Å²) in [6, 6.07) is 7.29. The van der Waals surface area contributed by atoms with Crippen LogP contribution >= 0.6 is 0 Å². The summed E-state index contributed by atoms with van der Waals surface area (Å²) in [5.41, 5.74) is 0.692. The number of amides is 1. The molecule has 0 saturated carbocycles. The first-order valence-corrected chi connectivity index (χ1v) is 9.06. The maximum Gasteiger partial charge on any atom is 0.282 e. The molecular formula is C19H23N3O4. The summed E-state index contributed by atoms with van der Waals surface area (Å²) in [7, 11) is 1.66. The lowest BCUT2D eigenvalue weighted by atomic mass is 9.84. The molecule has 1 N–H and O–H groups in total. The molecule has 7 heteroatoms. The fourth-order valence-corrected chi connectivity index (χ4v) is 3.92. The number of carbonyl (C=O) groups is 1. The Morgan fingerprint density at radius 1 is 1.27 bits per heavy atom. The smallest absolute Gasteiger partial charge is 0.282 e. The van der Waals surface area contributed by atoms with Crippen LogP contribution in [0, 0.1) is 0 Å². The number of nitrogens with zero attached hydrogens (tertiary/aromatic N) is 2. The summed E-state index contributed by atoms with van der Waals surface area (Å²) >= 11 is 0. The Hall–Kier alpha value is -2.25. The molecule has 2 saturated heterocycles. The van der Waals surface area contributed by atoms with Gasteiger partial charge in [-0.3, -0.25) is 9.59 Å². The van der Waals surface area contributed by atoms with Gasteiger partial charge in [-0.15, -0.1) is 0 Å². The van der Waals surface area contributed by atoms with Crippen LogP contribution in [-0.2, 0) is 16.5 Å². The van der Waals surface area contributed by atoms with Crippen molar-refractivity contribution >= 4 is 16.9 Å². The first-order chi connectivity index (χ1) is 12.6. The average molecular weight is 357 g/mol. The Morgan fingerprint density at radius 2 is 2.04 bits per heavy atom. The molecule has 1 aromatic heterocycles. The molecule has 7 nitrogen and oxygen atoms in total. The van der Waals surface area contributed by atoms with Crippen molar-refractivity contribution in [1.82, 2.24) is 14.9 Å². The maximum atomic E-state index is 12.7. The standard InChI is InChI=1S/C19H23N3O4/c1-22-15-5-3-2-4-14(15)21-16(18(22)24)17(23)20-13-6-9-26-19(12-13)7-10-25-11-8-19/h2-5,13H,6-12H2,1H3,(H,20,23). The van der Waals surface area contributed by atoms with Gasteiger partial charge in [0.2, 0.25) is 0 Å². The number of hydrogen-bond donors (Lipinski definition) is 1. The molecule has 2 aliphatic rings. The van der Waals surface area contributed by atoms with Crippen molar-refractivity contribution in [2.45, 2.75) is 37.3 Å². The second-order valence-electron chi connectivity index (χ2n) is 7.12. The number of para-hydroxylation sites is 2. The highest BCUT2D eigenvalue weighted by atomic mass is 16.5. The van der Waals surface area contributed by atoms with E-state index in [-0.39, 0.29) is 22.9 Å². The van der Waals surface area contributed by atoms with Crippen LogP contribution in [0.25, 0.3) is 11.0 Å². The minimum atomic E-state index is -0.412. The van der Waals surface area contributed by atoms with Gasteiger partial charge >= 0.3 is 0 Å². The number of benzene rings is 1. The molecule has 1 amide bonds. The second-order valence-corrected chi connectivity index (χ2v) is 7.12. The highest BCUT2D eigenvalue weighted by molar-refractivity contribution is 5.94. The van der Waals surface area contributed by atoms with E-state index in [1.807, 2.05) is 18.2 Å². The molecule has 1 aromatic carbocycles. The van der Waals surface area contributed by atoms with Crippen LogP contribution in [0.4, 0.5) is 0 Å². The predicted octanol–water partition coefficient (Wildman–Crippen LogP) is 1.39. The van der Waals surface area contributed by atoms with E-state index < -0.39 is 5.91 Å². The summed E-state index contributed by atoms with van der Waals surface area (Å²) in [6.45, 7) is 1.98. The van der Waals surface area contributed by atoms with E-state index in [1.54, 1.807) is 13.1 Å². The van der Waals surface area contributed by atoms with Crippen LogP contribution < -0.4 is 10.9 Å². The number of fused-ring (bicyclic) bond motifs is 1. The van der Waals surface area contributed by atoms with E-state index in [9.17, 15) is 9.59 Å². The van der Waals surface area contributed by atoms with Crippen LogP contribution in [0.3, 0.4) is 0 Å². The number of hydrogen-bond acceptors (Lipinski definition) is 5. The molecule has 1 unspecified atom stereocenters. The van der Waals surface area contributed by atoms with Crippen molar-refractivity contribution in [3.05, 3.63) is 40.3 Å². The van der Waals surface area contributed by atoms with Crippen LogP contribution in [0.5, 0.6) is 0 Å². The minimum absolute atomic E-state index is 0.0210. The molecule has 0 bridgehead atoms. The van der Waals surface area contributed by atoms with Crippen LogP contribution in [0.1, 0.15) is 36.2 Å². The predicted molar refractivity (Wildman–Crippen MR) is 96.2 cm³/mol. The van der Waals surface area contributed by atoms with Crippen molar-refractivity contribution in [3.8, 4) is 0 Å². The van der Waals surface area contributed by atoms with Gasteiger partial charge in [0, 0.05) is 32.9 Å². The molecule has 0 radical (unpaired) electrons. The van der Waals surface area contributed by atoms with Crippen molar-refractivity contribution in [1.29, 1.82) is 0 Å². The lowest BCUT2D eigenvalue weighted by Gasteiger charge is -2.43. The molecule has 2 aliphatic heterocycles. The Balaban J connectivity index is 1.56. The SMILES string of the molecule is Cn1c(=O)c(C(=O)NC2CCOC3(CCOCC3)C2)nc2ccccc21. The summed E-state index contributed by atoms with van der Waals surface area (Å²) in [5.74, 6) is -0.412. The summed E-state index contributed by atoms with van der Waals surface area (Å²) in [6.07, 6.45) is 3.17. The van der Waals surface area contributed by atoms with E-state index in [2.05, 4.69) is 10.3 Å². The zero-order valence-electron chi connectivity index (χ0n) is 14.9. The summed E-state index contributed by atoms with van der Waals surface area (Å²) in [5, 5.41) is 3.00. The van der Waals surface area contributed by atoms with Gasteiger partial charge in [0.1, 0.15) is 0 Å². The van der Waals surface area contributed by atoms with Crippen molar-refractivity contribution in [2.75, 3.05) is 19.8 Å². The molecule has 4 rings (SSSR count). The molecular weight excluding hydrogens is 334 g/mol. The zero-order valence-corrected chi connectivity index (χ0v) is 14.9. The second kappa shape index (κ2) is 6.81. The largest absolute Gasteiger partial charge is 0.381 e. The van der Waals surface area contributed by atoms with E-state index in [1.165, 1.54) is 4.57 Å². The lowest BCUT2D eigenvalue weighted by molar-refractivity contribution is -0.139. The van der Waals surface area contributed by atoms with Gasteiger partial charge in [-0.25, -0.2) is 4.98 Å². The number of aryl methyl sites for hydroxylation is 1. The van der Waals surface area contributed by atoms with Gasteiger partial charge in [0.15, 0.2) is 5.69 Å². The Labute approximate surface area is 151 Å². The van der Waals surface area contributed by atoms with E-state index in [4.69, 9.17) is 9.47 Å². The van der Waals surface area contributed by atoms with Gasteiger partial charge in [0.05, 0.1) is 16.6 Å². The fraction of sp³-hybridized carbons (Fsp3) is 0.526. The zero-order chi connectivity index (χ0) is 18.1. The Bertz CT molecular complexity index is 880. The van der Waals surface area contributed by atoms with E-state index in [0.717, 1.165) is 25.7 Å². The number of rotatable bonds is 2. The fourth-order valence-electron chi connectivity index (χ4n) is 3.92. The van der Waals surface area contributed by atoms with Gasteiger partial charge in [0.25, 0.3) is 11.5 Å². The van der Waals surface area contributed by atoms with Gasteiger partial charge in [-0.05, 0) is 37.8 Å². The lowest BCUT2D eigenvalue weighted by Crippen LogP contribution is -2.51. The molecule has 138 valence electrons. The number of ether oxygens (including phenoxy) is 2. The molecule has 3 heterocycles. The Kier molecular flexibility index (Phi) is 4.50. The van der Waals surface area contributed by atoms with Crippen LogP contribution in [0.2, 0.25) is 0 Å². The average Bonchev–Trinajstić information content (AvgIpc) is 2.65. The third-order valence-electron chi connectivity index (χ3n) is 5.43. The normalized spacial score (nSPS) is 22.4. The van der Waals surface area contributed by atoms with Crippen molar-refractivity contribution in [3.63, 3.8) is 0 Å². The third-order valence-corrected chi connectivity index (χ3v) is 5.43. The number of nitrogens with one attached hydrogen (secondary N) is 1. The molecule has 1 atom stereocenters. The molecule has 1 spiro atoms. The maximum absolute atomic E-state index is 12.7. The number of carbonyl (C=O) groups excluding carboxylic acids is 1. The van der Waals surface area contributed by atoms with Gasteiger partial charge in [-0.1, -0.05) is 12.1 Å². The summed E-state index contributed by atoms with van der Waals surface area (Å²) in [4.78, 5) is 29.6. The van der Waals surface area contributed by atoms with Gasteiger partial charge < -0.3 is 19.4 Å². The minimum Gasteiger partial charge on any atom is -0.381 e. The molecule has 0 aliphatic carbocycles. The number of aromatic nitrogens is 2. The van der Waals surface area contributed by atoms with Gasteiger partial charge in [-0.2, -0.15) is 0 Å². The first kappa shape index (κ1) is 17.2. The van der Waals surface area contributed by atoms with E-state index in [0.29, 0.717) is 30.9 Å². The molecule has 2 aromatic rings. The topological polar surface area (TPSA) is 82.5 Å². The molecule has 2 fully saturated rings. The van der Waals surface area contributed by atoms with Crippen LogP contribution in [0.15, 0.2) is 29.1 Å². The Morgan fingerprint density at radius 3 is 2.85 bits per heavy atom. The molecule has 26 heavy (non-hydrogen) atoms. The highest BCUT2D eigenvalue weighted by Crippen LogP contribution is 2.34. The summed E-state index contributed by atoms with van der Waals surface area (Å²) < 4.78 is 12.9. The quantitative estimate of drug-likeness (QED) is 0.878. The van der Waals surface area contributed by atoms with Crippen molar-refractivity contribution in [2.24, 2.45) is 7.05 Å². The first-order valence-electron chi connectivity index (χ1n) is 9.06. The van der Waals surface area contributed by atoms with E-state index >= 15 is 0 Å². The van der Waals surface area contributed by atoms with Crippen LogP contribution in [-0.4, -0.2) is 46.9 Å².